The molecule has 0 bridgehead atoms. The molecule has 1 aromatic carbocycles. The second kappa shape index (κ2) is 6.59. The van der Waals surface area contributed by atoms with Crippen LogP contribution in [0.25, 0.3) is 22.0 Å². The van der Waals surface area contributed by atoms with Gasteiger partial charge in [-0.3, -0.25) is 4.98 Å². The number of pyridine rings is 2. The SMILES string of the molecule is C#Cc1ccnc2ccc(-c3cnc(OC)c(NSC)c3)cc12. The summed E-state index contributed by atoms with van der Waals surface area (Å²) >= 11 is 1.49. The highest BCUT2D eigenvalue weighted by molar-refractivity contribution is 7.99. The molecule has 0 radical (unpaired) electrons. The molecule has 2 heterocycles. The molecule has 114 valence electrons. The van der Waals surface area contributed by atoms with Crippen molar-refractivity contribution in [2.45, 2.75) is 0 Å². The molecule has 0 amide bonds. The van der Waals surface area contributed by atoms with Gasteiger partial charge in [-0.15, -0.1) is 6.42 Å². The van der Waals surface area contributed by atoms with Gasteiger partial charge in [0.2, 0.25) is 5.88 Å². The highest BCUT2D eigenvalue weighted by Gasteiger charge is 2.09. The molecule has 23 heavy (non-hydrogen) atoms. The average Bonchev–Trinajstić information content (AvgIpc) is 2.61. The molecule has 0 aliphatic rings. The molecule has 0 atom stereocenters. The molecule has 2 aromatic heterocycles. The van der Waals surface area contributed by atoms with Crippen LogP contribution in [-0.2, 0) is 0 Å². The highest BCUT2D eigenvalue weighted by Crippen LogP contribution is 2.31. The third-order valence-electron chi connectivity index (χ3n) is 3.49. The van der Waals surface area contributed by atoms with Gasteiger partial charge in [-0.05, 0) is 29.8 Å². The van der Waals surface area contributed by atoms with Crippen molar-refractivity contribution in [2.24, 2.45) is 0 Å². The molecule has 0 unspecified atom stereocenters. The number of rotatable bonds is 4. The summed E-state index contributed by atoms with van der Waals surface area (Å²) in [5, 5.41) is 0.961. The van der Waals surface area contributed by atoms with Gasteiger partial charge in [0.15, 0.2) is 0 Å². The Morgan fingerprint density at radius 2 is 2.04 bits per heavy atom. The molecule has 3 rings (SSSR count). The lowest BCUT2D eigenvalue weighted by Gasteiger charge is -2.11. The van der Waals surface area contributed by atoms with Gasteiger partial charge in [0.25, 0.3) is 0 Å². The largest absolute Gasteiger partial charge is 0.480 e. The summed E-state index contributed by atoms with van der Waals surface area (Å²) in [4.78, 5) is 8.71. The predicted octanol–water partition coefficient (Wildman–Crippen LogP) is 3.98. The maximum absolute atomic E-state index is 5.59. The van der Waals surface area contributed by atoms with E-state index < -0.39 is 0 Å². The molecule has 0 saturated carbocycles. The van der Waals surface area contributed by atoms with E-state index in [1.54, 1.807) is 19.5 Å². The van der Waals surface area contributed by atoms with Crippen LogP contribution in [0.15, 0.2) is 42.7 Å². The zero-order chi connectivity index (χ0) is 16.2. The lowest BCUT2D eigenvalue weighted by atomic mass is 10.0. The molecule has 0 fully saturated rings. The van der Waals surface area contributed by atoms with Crippen molar-refractivity contribution in [3.05, 3.63) is 48.3 Å². The fraction of sp³-hybridized carbons (Fsp3) is 0.111. The summed E-state index contributed by atoms with van der Waals surface area (Å²) < 4.78 is 8.45. The van der Waals surface area contributed by atoms with Crippen molar-refractivity contribution < 1.29 is 4.74 Å². The first-order valence-electron chi connectivity index (χ1n) is 6.95. The lowest BCUT2D eigenvalue weighted by Crippen LogP contribution is -1.95. The Kier molecular flexibility index (Phi) is 4.35. The standard InChI is InChI=1S/C18H15N3OS/c1-4-12-7-8-19-16-6-5-13(9-15(12)16)14-10-17(21-23-3)18(22-2)20-11-14/h1,5-11,21H,2-3H3. The zero-order valence-electron chi connectivity index (χ0n) is 12.8. The third kappa shape index (κ3) is 2.94. The minimum absolute atomic E-state index is 0.565. The number of hydrogen-bond acceptors (Lipinski definition) is 5. The first-order chi connectivity index (χ1) is 11.3. The van der Waals surface area contributed by atoms with Crippen molar-refractivity contribution >= 4 is 28.5 Å². The third-order valence-corrected chi connectivity index (χ3v) is 3.91. The van der Waals surface area contributed by atoms with Gasteiger partial charge in [-0.25, -0.2) is 4.98 Å². The van der Waals surface area contributed by atoms with Crippen LogP contribution >= 0.6 is 11.9 Å². The lowest BCUT2D eigenvalue weighted by molar-refractivity contribution is 0.400. The van der Waals surface area contributed by atoms with Crippen LogP contribution in [0.5, 0.6) is 5.88 Å². The molecule has 4 nitrogen and oxygen atoms in total. The number of fused-ring (bicyclic) bond motifs is 1. The number of benzene rings is 1. The predicted molar refractivity (Wildman–Crippen MR) is 96.6 cm³/mol. The average molecular weight is 321 g/mol. The van der Waals surface area contributed by atoms with Gasteiger partial charge in [0, 0.05) is 35.2 Å². The monoisotopic (exact) mass is 321 g/mol. The van der Waals surface area contributed by atoms with Gasteiger partial charge in [0.1, 0.15) is 5.69 Å². The minimum Gasteiger partial charge on any atom is -0.480 e. The van der Waals surface area contributed by atoms with Gasteiger partial charge in [-0.2, -0.15) is 0 Å². The van der Waals surface area contributed by atoms with Gasteiger partial charge < -0.3 is 9.46 Å². The van der Waals surface area contributed by atoms with E-state index in [0.29, 0.717) is 5.88 Å². The summed E-state index contributed by atoms with van der Waals surface area (Å²) in [6.07, 6.45) is 11.1. The first kappa shape index (κ1) is 15.2. The van der Waals surface area contributed by atoms with E-state index in [0.717, 1.165) is 33.3 Å². The van der Waals surface area contributed by atoms with Crippen molar-refractivity contribution in [1.82, 2.24) is 9.97 Å². The second-order valence-corrected chi connectivity index (χ2v) is 5.43. The number of methoxy groups -OCH3 is 1. The minimum atomic E-state index is 0.565. The topological polar surface area (TPSA) is 47.0 Å². The fourth-order valence-electron chi connectivity index (χ4n) is 2.41. The number of nitrogens with zero attached hydrogens (tertiary/aromatic N) is 2. The quantitative estimate of drug-likeness (QED) is 0.582. The van der Waals surface area contributed by atoms with E-state index in [-0.39, 0.29) is 0 Å². The van der Waals surface area contributed by atoms with E-state index in [4.69, 9.17) is 11.2 Å². The summed E-state index contributed by atoms with van der Waals surface area (Å²) in [5.74, 6) is 3.27. The van der Waals surface area contributed by atoms with Crippen LogP contribution in [-0.4, -0.2) is 23.3 Å². The molecule has 3 aromatic rings. The van der Waals surface area contributed by atoms with Gasteiger partial charge in [-0.1, -0.05) is 23.9 Å². The summed E-state index contributed by atoms with van der Waals surface area (Å²) in [6.45, 7) is 0. The molecule has 0 aliphatic carbocycles. The Balaban J connectivity index is 2.13. The fourth-order valence-corrected chi connectivity index (χ4v) is 2.77. The summed E-state index contributed by atoms with van der Waals surface area (Å²) in [6, 6.07) is 9.89. The second-order valence-electron chi connectivity index (χ2n) is 4.82. The van der Waals surface area contributed by atoms with Crippen LogP contribution in [0.1, 0.15) is 5.56 Å². The number of hydrogen-bond donors (Lipinski definition) is 1. The normalized spacial score (nSPS) is 10.3. The first-order valence-corrected chi connectivity index (χ1v) is 8.18. The Hall–Kier alpha value is -2.71. The Labute approximate surface area is 139 Å². The van der Waals surface area contributed by atoms with E-state index in [1.807, 2.05) is 36.6 Å². The molecular weight excluding hydrogens is 306 g/mol. The van der Waals surface area contributed by atoms with E-state index in [9.17, 15) is 0 Å². The summed E-state index contributed by atoms with van der Waals surface area (Å²) in [5.41, 5.74) is 4.56. The van der Waals surface area contributed by atoms with Crippen LogP contribution < -0.4 is 9.46 Å². The number of anilines is 1. The van der Waals surface area contributed by atoms with Crippen LogP contribution in [0, 0.1) is 12.3 Å². The zero-order valence-corrected chi connectivity index (χ0v) is 13.6. The molecule has 0 aliphatic heterocycles. The molecule has 5 heteroatoms. The molecule has 1 N–H and O–H groups in total. The van der Waals surface area contributed by atoms with Crippen molar-refractivity contribution in [1.29, 1.82) is 0 Å². The van der Waals surface area contributed by atoms with E-state index >= 15 is 0 Å². The maximum Gasteiger partial charge on any atom is 0.237 e. The highest BCUT2D eigenvalue weighted by atomic mass is 32.2. The van der Waals surface area contributed by atoms with Gasteiger partial charge >= 0.3 is 0 Å². The molecular formula is C18H15N3OS. The van der Waals surface area contributed by atoms with E-state index in [1.165, 1.54) is 11.9 Å². The number of nitrogens with one attached hydrogen (secondary N) is 1. The van der Waals surface area contributed by atoms with Crippen LogP contribution in [0.3, 0.4) is 0 Å². The number of aromatic nitrogens is 2. The van der Waals surface area contributed by atoms with Gasteiger partial charge in [0.05, 0.1) is 12.6 Å². The van der Waals surface area contributed by atoms with Crippen LogP contribution in [0.2, 0.25) is 0 Å². The number of ether oxygens (including phenoxy) is 1. The maximum atomic E-state index is 5.59. The van der Waals surface area contributed by atoms with Crippen molar-refractivity contribution in [3.63, 3.8) is 0 Å². The number of terminal acetylenes is 1. The smallest absolute Gasteiger partial charge is 0.237 e. The van der Waals surface area contributed by atoms with E-state index in [2.05, 4.69) is 20.6 Å². The van der Waals surface area contributed by atoms with Crippen molar-refractivity contribution in [2.75, 3.05) is 18.1 Å². The Bertz CT molecular complexity index is 902. The summed E-state index contributed by atoms with van der Waals surface area (Å²) in [7, 11) is 1.61. The van der Waals surface area contributed by atoms with Crippen LogP contribution in [0.4, 0.5) is 5.69 Å². The molecule has 0 spiro atoms. The molecule has 0 saturated heterocycles. The van der Waals surface area contributed by atoms with Crippen molar-refractivity contribution in [3.8, 4) is 29.4 Å². The Morgan fingerprint density at radius 3 is 2.78 bits per heavy atom. The Morgan fingerprint density at radius 1 is 1.17 bits per heavy atom.